The number of nitrogen functional groups attached to an aromatic ring is 1. The van der Waals surface area contributed by atoms with Crippen LogP contribution in [-0.2, 0) is 0 Å². The van der Waals surface area contributed by atoms with Crippen LogP contribution >= 0.6 is 0 Å². The van der Waals surface area contributed by atoms with E-state index in [1.54, 1.807) is 26.4 Å². The lowest BCUT2D eigenvalue weighted by atomic mass is 10.1. The van der Waals surface area contributed by atoms with Gasteiger partial charge in [0.1, 0.15) is 11.5 Å². The van der Waals surface area contributed by atoms with E-state index < -0.39 is 0 Å². The van der Waals surface area contributed by atoms with Gasteiger partial charge < -0.3 is 15.2 Å². The number of nitrogens with two attached hydrogens (primary N) is 1. The number of ether oxygens (including phenoxy) is 2. The minimum Gasteiger partial charge on any atom is -0.493 e. The average molecular weight is 245 g/mol. The summed E-state index contributed by atoms with van der Waals surface area (Å²) in [6.07, 6.45) is 0. The van der Waals surface area contributed by atoms with Crippen molar-refractivity contribution < 1.29 is 9.47 Å². The van der Waals surface area contributed by atoms with Crippen LogP contribution in [0.2, 0.25) is 0 Å². The predicted octanol–water partition coefficient (Wildman–Crippen LogP) is 1.84. The second-order valence-corrected chi connectivity index (χ2v) is 3.96. The normalized spacial score (nSPS) is 10.4. The van der Waals surface area contributed by atoms with Crippen LogP contribution < -0.4 is 15.2 Å². The van der Waals surface area contributed by atoms with E-state index in [1.807, 2.05) is 13.0 Å². The number of hydrogen-bond donors (Lipinski definition) is 2. The summed E-state index contributed by atoms with van der Waals surface area (Å²) in [5, 5.41) is 8.40. The van der Waals surface area contributed by atoms with Crippen LogP contribution in [0.15, 0.2) is 18.2 Å². The first-order valence-corrected chi connectivity index (χ1v) is 5.44. The summed E-state index contributed by atoms with van der Waals surface area (Å²) < 4.78 is 10.5. The molecule has 1 aromatic heterocycles. The zero-order chi connectivity index (χ0) is 13.3. The number of fused-ring (bicyclic) bond motifs is 1. The number of benzene rings is 1. The van der Waals surface area contributed by atoms with Gasteiger partial charge in [-0.15, -0.1) is 0 Å². The van der Waals surface area contributed by atoms with Gasteiger partial charge in [0.05, 0.1) is 19.7 Å². The Bertz CT molecular complexity index is 623. The molecule has 0 aliphatic carbocycles. The van der Waals surface area contributed by atoms with Gasteiger partial charge in [-0.25, -0.2) is 4.98 Å². The van der Waals surface area contributed by atoms with Crippen molar-refractivity contribution in [3.05, 3.63) is 29.5 Å². The molecule has 0 aliphatic rings. The van der Waals surface area contributed by atoms with Gasteiger partial charge in [0.15, 0.2) is 11.5 Å². The molecule has 2 rings (SSSR count). The fourth-order valence-electron chi connectivity index (χ4n) is 1.86. The standard InChI is InChI=1S/C13H15N3O2/c1-7-4-10(13(14)15)16-9-6-12(18-3)11(17-2)5-8(7)9/h4-6H,1-3H3,(H3,14,15). The number of methoxy groups -OCH3 is 2. The highest BCUT2D eigenvalue weighted by molar-refractivity contribution is 5.97. The summed E-state index contributed by atoms with van der Waals surface area (Å²) in [6, 6.07) is 5.45. The molecule has 0 radical (unpaired) electrons. The number of nitrogens with one attached hydrogen (secondary N) is 1. The molecule has 0 bridgehead atoms. The highest BCUT2D eigenvalue weighted by Crippen LogP contribution is 2.32. The minimum atomic E-state index is -0.0465. The van der Waals surface area contributed by atoms with E-state index in [9.17, 15) is 0 Å². The molecule has 3 N–H and O–H groups in total. The zero-order valence-electron chi connectivity index (χ0n) is 10.6. The van der Waals surface area contributed by atoms with E-state index in [-0.39, 0.29) is 5.84 Å². The summed E-state index contributed by atoms with van der Waals surface area (Å²) in [4.78, 5) is 4.33. The third-order valence-corrected chi connectivity index (χ3v) is 2.80. The van der Waals surface area contributed by atoms with Crippen LogP contribution in [0.25, 0.3) is 10.9 Å². The van der Waals surface area contributed by atoms with Crippen LogP contribution in [0, 0.1) is 12.3 Å². The lowest BCUT2D eigenvalue weighted by Gasteiger charge is -2.11. The lowest BCUT2D eigenvalue weighted by Crippen LogP contribution is -2.13. The summed E-state index contributed by atoms with van der Waals surface area (Å²) in [6.45, 7) is 1.95. The zero-order valence-corrected chi connectivity index (χ0v) is 10.6. The van der Waals surface area contributed by atoms with Gasteiger partial charge in [-0.05, 0) is 24.6 Å². The average Bonchev–Trinajstić information content (AvgIpc) is 2.36. The molecule has 0 amide bonds. The number of rotatable bonds is 3. The highest BCUT2D eigenvalue weighted by atomic mass is 16.5. The maximum absolute atomic E-state index is 7.44. The van der Waals surface area contributed by atoms with Crippen molar-refractivity contribution in [3.63, 3.8) is 0 Å². The Morgan fingerprint density at radius 2 is 1.78 bits per heavy atom. The number of pyridine rings is 1. The van der Waals surface area contributed by atoms with Crippen LogP contribution in [0.3, 0.4) is 0 Å². The van der Waals surface area contributed by atoms with Gasteiger partial charge in [0.25, 0.3) is 0 Å². The Labute approximate surface area is 105 Å². The number of amidine groups is 1. The molecule has 18 heavy (non-hydrogen) atoms. The molecule has 0 saturated carbocycles. The fourth-order valence-corrected chi connectivity index (χ4v) is 1.86. The van der Waals surface area contributed by atoms with Gasteiger partial charge in [0, 0.05) is 11.5 Å². The number of nitrogens with zero attached hydrogens (tertiary/aromatic N) is 1. The molecule has 5 heteroatoms. The maximum Gasteiger partial charge on any atom is 0.162 e. The Morgan fingerprint density at radius 1 is 1.17 bits per heavy atom. The van der Waals surface area contributed by atoms with Gasteiger partial charge in [-0.3, -0.25) is 5.41 Å². The number of aryl methyl sites for hydroxylation is 1. The fraction of sp³-hybridized carbons (Fsp3) is 0.231. The van der Waals surface area contributed by atoms with Crippen molar-refractivity contribution in [2.75, 3.05) is 14.2 Å². The van der Waals surface area contributed by atoms with Gasteiger partial charge in [0.2, 0.25) is 0 Å². The van der Waals surface area contributed by atoms with Crippen LogP contribution in [-0.4, -0.2) is 25.0 Å². The molecule has 0 aliphatic heterocycles. The Balaban J connectivity index is 2.76. The van der Waals surface area contributed by atoms with E-state index in [1.165, 1.54) is 0 Å². The molecular weight excluding hydrogens is 230 g/mol. The molecule has 0 atom stereocenters. The van der Waals surface area contributed by atoms with Crippen LogP contribution in [0.5, 0.6) is 11.5 Å². The van der Waals surface area contributed by atoms with E-state index in [0.717, 1.165) is 16.5 Å². The largest absolute Gasteiger partial charge is 0.493 e. The third kappa shape index (κ3) is 1.95. The Kier molecular flexibility index (Phi) is 3.06. The van der Waals surface area contributed by atoms with Crippen molar-refractivity contribution in [1.82, 2.24) is 4.98 Å². The highest BCUT2D eigenvalue weighted by Gasteiger charge is 2.10. The van der Waals surface area contributed by atoms with Gasteiger partial charge >= 0.3 is 0 Å². The molecule has 1 aromatic carbocycles. The summed E-state index contributed by atoms with van der Waals surface area (Å²) in [7, 11) is 3.17. The molecule has 0 fully saturated rings. The van der Waals surface area contributed by atoms with E-state index in [4.69, 9.17) is 20.6 Å². The summed E-state index contributed by atoms with van der Waals surface area (Å²) >= 11 is 0. The monoisotopic (exact) mass is 245 g/mol. The minimum absolute atomic E-state index is 0.0465. The topological polar surface area (TPSA) is 81.2 Å². The SMILES string of the molecule is COc1cc2nc(C(=N)N)cc(C)c2cc1OC. The smallest absolute Gasteiger partial charge is 0.162 e. The first kappa shape index (κ1) is 12.2. The molecule has 0 unspecified atom stereocenters. The van der Waals surface area contributed by atoms with Crippen molar-refractivity contribution >= 4 is 16.7 Å². The van der Waals surface area contributed by atoms with Crippen molar-refractivity contribution in [1.29, 1.82) is 5.41 Å². The van der Waals surface area contributed by atoms with Gasteiger partial charge in [-0.1, -0.05) is 0 Å². The molecule has 2 aromatic rings. The quantitative estimate of drug-likeness (QED) is 0.638. The van der Waals surface area contributed by atoms with Crippen LogP contribution in [0.4, 0.5) is 0 Å². The second-order valence-electron chi connectivity index (χ2n) is 3.96. The van der Waals surface area contributed by atoms with E-state index in [2.05, 4.69) is 4.98 Å². The van der Waals surface area contributed by atoms with Crippen LogP contribution in [0.1, 0.15) is 11.3 Å². The van der Waals surface area contributed by atoms with E-state index in [0.29, 0.717) is 17.2 Å². The first-order valence-electron chi connectivity index (χ1n) is 5.44. The van der Waals surface area contributed by atoms with Crippen molar-refractivity contribution in [2.24, 2.45) is 5.73 Å². The third-order valence-electron chi connectivity index (χ3n) is 2.80. The van der Waals surface area contributed by atoms with Crippen molar-refractivity contribution in [2.45, 2.75) is 6.92 Å². The van der Waals surface area contributed by atoms with Gasteiger partial charge in [-0.2, -0.15) is 0 Å². The Morgan fingerprint density at radius 3 is 2.33 bits per heavy atom. The lowest BCUT2D eigenvalue weighted by molar-refractivity contribution is 0.356. The summed E-state index contributed by atoms with van der Waals surface area (Å²) in [5.41, 5.74) is 7.66. The first-order chi connectivity index (χ1) is 8.56. The van der Waals surface area contributed by atoms with E-state index >= 15 is 0 Å². The number of aromatic nitrogens is 1. The molecular formula is C13H15N3O2. The Hall–Kier alpha value is -2.30. The second kappa shape index (κ2) is 4.52. The number of hydrogen-bond acceptors (Lipinski definition) is 4. The summed E-state index contributed by atoms with van der Waals surface area (Å²) in [5.74, 6) is 1.22. The molecule has 1 heterocycles. The predicted molar refractivity (Wildman–Crippen MR) is 70.6 cm³/mol. The molecule has 0 spiro atoms. The molecule has 0 saturated heterocycles. The van der Waals surface area contributed by atoms with Crippen molar-refractivity contribution in [3.8, 4) is 11.5 Å². The molecule has 5 nitrogen and oxygen atoms in total. The molecule has 94 valence electrons. The maximum atomic E-state index is 7.44.